The lowest BCUT2D eigenvalue weighted by molar-refractivity contribution is -0.116. The van der Waals surface area contributed by atoms with E-state index >= 15 is 0 Å². The molecule has 5 heterocycles. The van der Waals surface area contributed by atoms with E-state index in [1.54, 1.807) is 48.6 Å². The molecule has 0 unspecified atom stereocenters. The van der Waals surface area contributed by atoms with Gasteiger partial charge in [0.25, 0.3) is 17.7 Å². The number of nitrogens with one attached hydrogen (secondary N) is 2. The molecular formula is C36H30N4O7S4. The normalized spacial score (nSPS) is 18.0. The van der Waals surface area contributed by atoms with Gasteiger partial charge >= 0.3 is 5.97 Å². The first-order valence-corrected chi connectivity index (χ1v) is 18.1. The topological polar surface area (TPSA) is 145 Å². The van der Waals surface area contributed by atoms with Crippen LogP contribution in [0.5, 0.6) is 0 Å². The summed E-state index contributed by atoms with van der Waals surface area (Å²) >= 11 is 12.3. The second kappa shape index (κ2) is 16.0. The van der Waals surface area contributed by atoms with Crippen molar-refractivity contribution in [2.45, 2.75) is 6.42 Å². The molecule has 3 aliphatic heterocycles. The van der Waals surface area contributed by atoms with E-state index in [9.17, 15) is 24.3 Å². The third-order valence-corrected chi connectivity index (χ3v) is 10.3. The first-order chi connectivity index (χ1) is 24.5. The number of thiocarbonyl (C=S) groups is 2. The number of hydrogen-bond acceptors (Lipinski definition) is 11. The third-order valence-electron chi connectivity index (χ3n) is 7.94. The van der Waals surface area contributed by atoms with Crippen molar-refractivity contribution in [2.24, 2.45) is 0 Å². The standard InChI is InChI=1S/C21H21N3O3S2.C15H9NO4S2/c1-23-9-4-10-24(12-11-23)20(26)16-6-3-2-5-15(16)17-8-7-14(27-17)13-18-19(25)22-21(28)29-18;17-13-12(22-15(21)16-13)7-8-5-6-11(20-8)9-3-1-2-4-10(9)14(18)19/h2-3,5-8,13H,4,9-12H2,1H3,(H,22,25,28);1-7H,(H,18,19)(H,16,17,21)/b18-13-;12-7-. The highest BCUT2D eigenvalue weighted by molar-refractivity contribution is 8.27. The molecule has 0 radical (unpaired) electrons. The summed E-state index contributed by atoms with van der Waals surface area (Å²) in [6.07, 6.45) is 4.20. The monoisotopic (exact) mass is 758 g/mol. The maximum atomic E-state index is 13.2. The van der Waals surface area contributed by atoms with Crippen molar-refractivity contribution in [2.75, 3.05) is 33.2 Å². The number of furan rings is 2. The first kappa shape index (κ1) is 36.0. The number of aromatic carboxylic acids is 1. The Kier molecular flexibility index (Phi) is 11.3. The van der Waals surface area contributed by atoms with Crippen LogP contribution in [0.4, 0.5) is 0 Å². The molecule has 11 nitrogen and oxygen atoms in total. The molecular weight excluding hydrogens is 729 g/mol. The van der Waals surface area contributed by atoms with Gasteiger partial charge in [-0.3, -0.25) is 14.4 Å². The lowest BCUT2D eigenvalue weighted by Crippen LogP contribution is -2.34. The minimum atomic E-state index is -1.03. The first-order valence-electron chi connectivity index (χ1n) is 15.6. The Hall–Kier alpha value is -4.80. The smallest absolute Gasteiger partial charge is 0.336 e. The maximum Gasteiger partial charge on any atom is 0.336 e. The lowest BCUT2D eigenvalue weighted by Gasteiger charge is -2.21. The number of thioether (sulfide) groups is 2. The molecule has 0 bridgehead atoms. The maximum absolute atomic E-state index is 13.2. The van der Waals surface area contributed by atoms with Crippen molar-refractivity contribution >= 4 is 92.4 Å². The summed E-state index contributed by atoms with van der Waals surface area (Å²) in [7, 11) is 2.08. The Morgan fingerprint density at radius 1 is 0.725 bits per heavy atom. The summed E-state index contributed by atoms with van der Waals surface area (Å²) in [6.45, 7) is 3.33. The SMILES string of the molecule is CN1CCCN(C(=O)c2ccccc2-c2ccc(/C=C3\SC(=S)NC3=O)o2)CC1.O=C1NC(=S)S/C1=C\c1ccc(-c2ccccc2C(=O)O)o1. The minimum absolute atomic E-state index is 0.0169. The van der Waals surface area contributed by atoms with E-state index in [4.69, 9.17) is 33.3 Å². The number of hydrogen-bond donors (Lipinski definition) is 3. The van der Waals surface area contributed by atoms with Crippen molar-refractivity contribution < 1.29 is 33.1 Å². The van der Waals surface area contributed by atoms with Crippen molar-refractivity contribution in [3.8, 4) is 22.6 Å². The second-order valence-electron chi connectivity index (χ2n) is 11.5. The number of nitrogens with zero attached hydrogens (tertiary/aromatic N) is 2. The predicted octanol–water partition coefficient (Wildman–Crippen LogP) is 6.35. The van der Waals surface area contributed by atoms with Crippen molar-refractivity contribution in [1.82, 2.24) is 20.4 Å². The number of carbonyl (C=O) groups excluding carboxylic acids is 3. The van der Waals surface area contributed by atoms with Crippen LogP contribution in [0.3, 0.4) is 0 Å². The van der Waals surface area contributed by atoms with Crippen LogP contribution in [-0.2, 0) is 9.59 Å². The average Bonchev–Trinajstić information content (AvgIpc) is 3.88. The molecule has 260 valence electrons. The van der Waals surface area contributed by atoms with E-state index in [1.807, 2.05) is 35.2 Å². The fourth-order valence-corrected chi connectivity index (χ4v) is 7.49. The second-order valence-corrected chi connectivity index (χ2v) is 14.9. The molecule has 3 fully saturated rings. The highest BCUT2D eigenvalue weighted by Crippen LogP contribution is 2.32. The number of amides is 3. The number of carboxylic acid groups (broad SMARTS) is 1. The van der Waals surface area contributed by atoms with Crippen LogP contribution in [0.25, 0.3) is 34.8 Å². The van der Waals surface area contributed by atoms with Crippen LogP contribution in [0.1, 0.15) is 38.7 Å². The summed E-state index contributed by atoms with van der Waals surface area (Å²) in [6, 6.07) is 21.0. The Labute approximate surface area is 312 Å². The summed E-state index contributed by atoms with van der Waals surface area (Å²) in [5.41, 5.74) is 2.02. The Bertz CT molecular complexity index is 2120. The van der Waals surface area contributed by atoms with Gasteiger partial charge in [0.2, 0.25) is 0 Å². The number of rotatable bonds is 6. The van der Waals surface area contributed by atoms with Gasteiger partial charge in [0.05, 0.1) is 20.9 Å². The molecule has 2 aromatic carbocycles. The van der Waals surface area contributed by atoms with E-state index in [-0.39, 0.29) is 23.3 Å². The van der Waals surface area contributed by atoms with Gasteiger partial charge in [0, 0.05) is 42.9 Å². The van der Waals surface area contributed by atoms with Crippen LogP contribution in [0.15, 0.2) is 91.4 Å². The number of likely N-dealkylation sites (N-methyl/N-ethyl adjacent to an activating group) is 1. The van der Waals surface area contributed by atoms with Gasteiger partial charge in [-0.05, 0) is 56.4 Å². The van der Waals surface area contributed by atoms with Crippen LogP contribution in [0.2, 0.25) is 0 Å². The van der Waals surface area contributed by atoms with Crippen molar-refractivity contribution in [3.63, 3.8) is 0 Å². The molecule has 15 heteroatoms. The van der Waals surface area contributed by atoms with E-state index in [0.29, 0.717) is 59.2 Å². The quantitative estimate of drug-likeness (QED) is 0.149. The summed E-state index contributed by atoms with van der Waals surface area (Å²) in [4.78, 5) is 53.0. The molecule has 51 heavy (non-hydrogen) atoms. The van der Waals surface area contributed by atoms with Crippen LogP contribution >= 0.6 is 48.0 Å². The molecule has 3 aliphatic rings. The number of carboxylic acids is 1. The molecule has 7 rings (SSSR count). The van der Waals surface area contributed by atoms with E-state index in [0.717, 1.165) is 43.4 Å². The minimum Gasteiger partial charge on any atom is -0.478 e. The van der Waals surface area contributed by atoms with Gasteiger partial charge in [-0.25, -0.2) is 4.79 Å². The van der Waals surface area contributed by atoms with Crippen molar-refractivity contribution in [1.29, 1.82) is 0 Å². The predicted molar refractivity (Wildman–Crippen MR) is 206 cm³/mol. The van der Waals surface area contributed by atoms with E-state index in [1.165, 1.54) is 17.8 Å². The number of carbonyl (C=O) groups is 4. The summed E-state index contributed by atoms with van der Waals surface area (Å²) in [5, 5.41) is 14.3. The van der Waals surface area contributed by atoms with Gasteiger partial charge < -0.3 is 34.4 Å². The zero-order valence-electron chi connectivity index (χ0n) is 27.0. The zero-order valence-corrected chi connectivity index (χ0v) is 30.3. The molecule has 0 saturated carbocycles. The molecule has 4 aromatic rings. The van der Waals surface area contributed by atoms with Gasteiger partial charge in [0.1, 0.15) is 31.7 Å². The van der Waals surface area contributed by atoms with E-state index < -0.39 is 5.97 Å². The Balaban J connectivity index is 0.000000183. The summed E-state index contributed by atoms with van der Waals surface area (Å²) < 4.78 is 12.4. The highest BCUT2D eigenvalue weighted by Gasteiger charge is 2.25. The van der Waals surface area contributed by atoms with Gasteiger partial charge in [-0.2, -0.15) is 0 Å². The van der Waals surface area contributed by atoms with Gasteiger partial charge in [-0.15, -0.1) is 0 Å². The largest absolute Gasteiger partial charge is 0.478 e. The van der Waals surface area contributed by atoms with Crippen LogP contribution in [-0.4, -0.2) is 80.5 Å². The summed E-state index contributed by atoms with van der Waals surface area (Å²) in [5.74, 6) is 0.526. The molecule has 2 aromatic heterocycles. The molecule has 0 aliphatic carbocycles. The zero-order chi connectivity index (χ0) is 36.1. The lowest BCUT2D eigenvalue weighted by atomic mass is 10.0. The molecule has 3 amide bonds. The average molecular weight is 759 g/mol. The van der Waals surface area contributed by atoms with Gasteiger partial charge in [0.15, 0.2) is 0 Å². The molecule has 0 atom stereocenters. The van der Waals surface area contributed by atoms with Gasteiger partial charge in [-0.1, -0.05) is 84.4 Å². The van der Waals surface area contributed by atoms with Crippen LogP contribution in [0, 0.1) is 0 Å². The Morgan fingerprint density at radius 3 is 1.75 bits per heavy atom. The molecule has 0 spiro atoms. The Morgan fingerprint density at radius 2 is 1.24 bits per heavy atom. The number of benzene rings is 2. The van der Waals surface area contributed by atoms with E-state index in [2.05, 4.69) is 22.6 Å². The molecule has 3 N–H and O–H groups in total. The van der Waals surface area contributed by atoms with Crippen LogP contribution < -0.4 is 10.6 Å². The fraction of sp³-hybridized carbons (Fsp3) is 0.167. The molecule has 3 saturated heterocycles. The third kappa shape index (κ3) is 8.75. The fourth-order valence-electron chi connectivity index (χ4n) is 5.44. The highest BCUT2D eigenvalue weighted by atomic mass is 32.2. The van der Waals surface area contributed by atoms with Crippen molar-refractivity contribution in [3.05, 3.63) is 105 Å².